The van der Waals surface area contributed by atoms with Gasteiger partial charge in [-0.1, -0.05) is 18.7 Å². The number of anilines is 1. The van der Waals surface area contributed by atoms with Gasteiger partial charge in [-0.3, -0.25) is 14.2 Å². The molecule has 2 aliphatic heterocycles. The smallest absolute Gasteiger partial charge is 0.366 e. The molecule has 2 aliphatic rings. The quantitative estimate of drug-likeness (QED) is 0.290. The van der Waals surface area contributed by atoms with Crippen LogP contribution in [0.3, 0.4) is 0 Å². The molecule has 0 saturated carbocycles. The van der Waals surface area contributed by atoms with E-state index in [2.05, 4.69) is 11.6 Å². The molecule has 0 N–H and O–H groups in total. The number of benzene rings is 2. The van der Waals surface area contributed by atoms with E-state index in [0.717, 1.165) is 30.0 Å². The zero-order valence-electron chi connectivity index (χ0n) is 25.2. The molecule has 2 aromatic carbocycles. The van der Waals surface area contributed by atoms with Gasteiger partial charge >= 0.3 is 11.9 Å². The summed E-state index contributed by atoms with van der Waals surface area (Å²) in [6.07, 6.45) is -4.31. The highest BCUT2D eigenvalue weighted by atomic mass is 32.2. The van der Waals surface area contributed by atoms with Crippen molar-refractivity contribution in [1.82, 2.24) is 19.4 Å². The lowest BCUT2D eigenvalue weighted by molar-refractivity contribution is -0.137. The van der Waals surface area contributed by atoms with Gasteiger partial charge < -0.3 is 19.4 Å². The highest BCUT2D eigenvalue weighted by Gasteiger charge is 2.40. The standard InChI is InChI=1S/C31H33F4N5O4S/c1-6-24(41)40-17(2)12-38(13-18(40)3)29-22-11-23(31(33,34)35)26(19-7-9-20(32)10-8-19)28-27(22)39(30(43)36-29)14-21(16-45-28)44-15-25(42)37(4)5/h6-11,17-18,21H,1,12-16H2,2-5H3/t17-,18+,21-/m0/s1. The molecule has 14 heteroatoms. The molecule has 0 aliphatic carbocycles. The van der Waals surface area contributed by atoms with Gasteiger partial charge in [0.25, 0.3) is 0 Å². The SMILES string of the molecule is C=CC(=O)N1[C@H](C)CN(c2nc(=O)n3c4c(c(-c5ccc(F)cc5)c(C(F)(F)F)cc24)SC[C@@H](OCC(=O)N(C)C)C3)C[C@@H]1C. The summed E-state index contributed by atoms with van der Waals surface area (Å²) in [6, 6.07) is 5.03. The van der Waals surface area contributed by atoms with Crippen LogP contribution in [0.1, 0.15) is 19.4 Å². The third-order valence-electron chi connectivity index (χ3n) is 8.03. The van der Waals surface area contributed by atoms with Crippen molar-refractivity contribution < 1.29 is 31.9 Å². The molecule has 3 atom stereocenters. The zero-order valence-corrected chi connectivity index (χ0v) is 26.0. The summed E-state index contributed by atoms with van der Waals surface area (Å²) in [6.45, 7) is 7.30. The van der Waals surface area contributed by atoms with Gasteiger partial charge in [0.15, 0.2) is 0 Å². The maximum Gasteiger partial charge on any atom is 0.417 e. The predicted molar refractivity (Wildman–Crippen MR) is 164 cm³/mol. The Morgan fingerprint density at radius 1 is 1.13 bits per heavy atom. The van der Waals surface area contributed by atoms with E-state index < -0.39 is 29.4 Å². The van der Waals surface area contributed by atoms with Crippen LogP contribution in [0.5, 0.6) is 0 Å². The number of piperazine rings is 1. The summed E-state index contributed by atoms with van der Waals surface area (Å²) in [5.74, 6) is -0.967. The number of rotatable bonds is 6. The fourth-order valence-corrected chi connectivity index (χ4v) is 7.24. The van der Waals surface area contributed by atoms with Gasteiger partial charge in [-0.2, -0.15) is 18.2 Å². The lowest BCUT2D eigenvalue weighted by Gasteiger charge is -2.44. The third-order valence-corrected chi connectivity index (χ3v) is 9.25. The van der Waals surface area contributed by atoms with Gasteiger partial charge in [0.2, 0.25) is 11.8 Å². The van der Waals surface area contributed by atoms with Crippen LogP contribution >= 0.6 is 11.8 Å². The van der Waals surface area contributed by atoms with Crippen LogP contribution in [-0.4, -0.2) is 88.9 Å². The Labute approximate surface area is 261 Å². The van der Waals surface area contributed by atoms with Crippen LogP contribution in [0, 0.1) is 5.82 Å². The van der Waals surface area contributed by atoms with E-state index >= 15 is 0 Å². The third kappa shape index (κ3) is 6.30. The average molecular weight is 648 g/mol. The minimum atomic E-state index is -4.82. The van der Waals surface area contributed by atoms with E-state index in [1.165, 1.54) is 27.7 Å². The van der Waals surface area contributed by atoms with Gasteiger partial charge in [-0.15, -0.1) is 11.8 Å². The number of thioether (sulfide) groups is 1. The first-order valence-corrected chi connectivity index (χ1v) is 15.3. The lowest BCUT2D eigenvalue weighted by Crippen LogP contribution is -2.58. The molecule has 0 spiro atoms. The first-order chi connectivity index (χ1) is 21.2. The number of halogens is 4. The van der Waals surface area contributed by atoms with E-state index in [-0.39, 0.29) is 88.6 Å². The van der Waals surface area contributed by atoms with Crippen molar-refractivity contribution in [2.24, 2.45) is 0 Å². The Bertz CT molecular complexity index is 1700. The Morgan fingerprint density at radius 2 is 1.78 bits per heavy atom. The van der Waals surface area contributed by atoms with E-state index in [0.29, 0.717) is 0 Å². The van der Waals surface area contributed by atoms with Crippen molar-refractivity contribution in [2.75, 3.05) is 44.4 Å². The first-order valence-electron chi connectivity index (χ1n) is 14.3. The van der Waals surface area contributed by atoms with Crippen LogP contribution in [-0.2, 0) is 27.0 Å². The molecule has 45 heavy (non-hydrogen) atoms. The van der Waals surface area contributed by atoms with Crippen molar-refractivity contribution in [3.63, 3.8) is 0 Å². The average Bonchev–Trinajstić information content (AvgIpc) is 3.17. The van der Waals surface area contributed by atoms with E-state index in [9.17, 15) is 31.9 Å². The van der Waals surface area contributed by atoms with Crippen molar-refractivity contribution in [2.45, 2.75) is 49.7 Å². The molecule has 5 rings (SSSR count). The number of alkyl halides is 3. The molecular formula is C31H33F4N5O4S. The Balaban J connectivity index is 1.74. The van der Waals surface area contributed by atoms with Crippen molar-refractivity contribution in [3.05, 3.63) is 64.9 Å². The Kier molecular flexibility index (Phi) is 9.00. The summed E-state index contributed by atoms with van der Waals surface area (Å²) in [5.41, 5.74) is -1.45. The summed E-state index contributed by atoms with van der Waals surface area (Å²) in [4.78, 5) is 47.8. The monoisotopic (exact) mass is 647 g/mol. The molecule has 0 radical (unpaired) electrons. The van der Waals surface area contributed by atoms with Crippen molar-refractivity contribution in [3.8, 4) is 11.1 Å². The molecule has 9 nitrogen and oxygen atoms in total. The molecule has 3 aromatic rings. The largest absolute Gasteiger partial charge is 0.417 e. The summed E-state index contributed by atoms with van der Waals surface area (Å²) >= 11 is 1.08. The topological polar surface area (TPSA) is 88.0 Å². The second-order valence-electron chi connectivity index (χ2n) is 11.4. The second kappa shape index (κ2) is 12.5. The van der Waals surface area contributed by atoms with E-state index in [1.54, 1.807) is 23.9 Å². The molecule has 1 fully saturated rings. The number of carbonyl (C=O) groups is 2. The molecule has 0 unspecified atom stereocenters. The first kappa shape index (κ1) is 32.5. The molecule has 0 bridgehead atoms. The Hall–Kier alpha value is -3.91. The molecular weight excluding hydrogens is 614 g/mol. The number of aromatic nitrogens is 2. The fraction of sp³-hybridized carbons (Fsp3) is 0.419. The van der Waals surface area contributed by atoms with Gasteiger partial charge in [0.05, 0.1) is 23.7 Å². The molecule has 1 saturated heterocycles. The summed E-state index contributed by atoms with van der Waals surface area (Å²) < 4.78 is 65.7. The van der Waals surface area contributed by atoms with Crippen LogP contribution in [0.25, 0.3) is 22.0 Å². The Morgan fingerprint density at radius 3 is 2.36 bits per heavy atom. The predicted octanol–water partition coefficient (Wildman–Crippen LogP) is 4.41. The van der Waals surface area contributed by atoms with Crippen LogP contribution in [0.4, 0.5) is 23.4 Å². The number of carbonyl (C=O) groups excluding carboxylic acids is 2. The normalized spacial score (nSPS) is 20.2. The molecule has 240 valence electrons. The zero-order chi connectivity index (χ0) is 32.8. The number of hydrogen-bond acceptors (Lipinski definition) is 7. The maximum absolute atomic E-state index is 14.9. The second-order valence-corrected chi connectivity index (χ2v) is 12.5. The minimum Gasteiger partial charge on any atom is -0.366 e. The van der Waals surface area contributed by atoms with E-state index in [4.69, 9.17) is 4.74 Å². The summed E-state index contributed by atoms with van der Waals surface area (Å²) in [7, 11) is 3.14. The van der Waals surface area contributed by atoms with Gasteiger partial charge in [0, 0.05) is 60.9 Å². The van der Waals surface area contributed by atoms with Crippen molar-refractivity contribution >= 4 is 40.3 Å². The lowest BCUT2D eigenvalue weighted by atomic mass is 9.96. The number of hydrogen-bond donors (Lipinski definition) is 0. The highest BCUT2D eigenvalue weighted by Crippen LogP contribution is 2.48. The number of ether oxygens (including phenoxy) is 1. The summed E-state index contributed by atoms with van der Waals surface area (Å²) in [5, 5.41) is 0.114. The number of amides is 2. The van der Waals surface area contributed by atoms with Crippen LogP contribution < -0.4 is 10.6 Å². The minimum absolute atomic E-state index is 0.0496. The van der Waals surface area contributed by atoms with Gasteiger partial charge in [0.1, 0.15) is 18.2 Å². The fourth-order valence-electron chi connectivity index (χ4n) is 5.96. The molecule has 3 heterocycles. The number of nitrogens with zero attached hydrogens (tertiary/aromatic N) is 5. The van der Waals surface area contributed by atoms with Crippen molar-refractivity contribution in [1.29, 1.82) is 0 Å². The van der Waals surface area contributed by atoms with Crippen LogP contribution in [0.2, 0.25) is 0 Å². The van der Waals surface area contributed by atoms with Gasteiger partial charge in [-0.25, -0.2) is 9.18 Å². The number of likely N-dealkylation sites (N-methyl/N-ethyl adjacent to an activating group) is 1. The maximum atomic E-state index is 14.9. The van der Waals surface area contributed by atoms with Crippen LogP contribution in [0.15, 0.2) is 52.7 Å². The highest BCUT2D eigenvalue weighted by molar-refractivity contribution is 7.99. The van der Waals surface area contributed by atoms with Gasteiger partial charge in [-0.05, 0) is 43.7 Å². The van der Waals surface area contributed by atoms with E-state index in [1.807, 2.05) is 13.8 Å². The molecule has 1 aromatic heterocycles. The molecule has 2 amide bonds.